The molecule has 0 spiro atoms. The van der Waals surface area contributed by atoms with E-state index in [4.69, 9.17) is 11.6 Å². The number of hydrogen-bond acceptors (Lipinski definition) is 2. The molecule has 1 aliphatic heterocycles. The summed E-state index contributed by atoms with van der Waals surface area (Å²) in [5.74, 6) is 0. The lowest BCUT2D eigenvalue weighted by Gasteiger charge is -2.30. The molecular formula is C15H20ClF3N2. The zero-order valence-electron chi connectivity index (χ0n) is 11.9. The number of benzene rings is 1. The van der Waals surface area contributed by atoms with Crippen LogP contribution >= 0.6 is 11.6 Å². The van der Waals surface area contributed by atoms with Gasteiger partial charge < -0.3 is 10.6 Å². The largest absolute Gasteiger partial charge is 0.416 e. The molecule has 2 nitrogen and oxygen atoms in total. The Labute approximate surface area is 128 Å². The minimum Gasteiger partial charge on any atom is -0.314 e. The fourth-order valence-corrected chi connectivity index (χ4v) is 2.94. The van der Waals surface area contributed by atoms with Gasteiger partial charge in [0.1, 0.15) is 0 Å². The molecule has 2 N–H and O–H groups in total. The average molecular weight is 321 g/mol. The highest BCUT2D eigenvalue weighted by molar-refractivity contribution is 6.30. The van der Waals surface area contributed by atoms with Crippen LogP contribution < -0.4 is 10.6 Å². The fourth-order valence-electron chi connectivity index (χ4n) is 2.68. The summed E-state index contributed by atoms with van der Waals surface area (Å²) in [4.78, 5) is 0. The van der Waals surface area contributed by atoms with Gasteiger partial charge >= 0.3 is 6.18 Å². The zero-order valence-corrected chi connectivity index (χ0v) is 12.7. The maximum atomic E-state index is 12.8. The van der Waals surface area contributed by atoms with E-state index in [-0.39, 0.29) is 5.02 Å². The molecule has 1 aromatic rings. The van der Waals surface area contributed by atoms with Crippen molar-refractivity contribution in [3.05, 3.63) is 34.3 Å². The Bertz CT molecular complexity index is 476. The lowest BCUT2D eigenvalue weighted by atomic mass is 9.97. The monoisotopic (exact) mass is 320 g/mol. The maximum Gasteiger partial charge on any atom is 0.416 e. The molecular weight excluding hydrogens is 301 g/mol. The van der Waals surface area contributed by atoms with Gasteiger partial charge in [0.05, 0.1) is 5.56 Å². The molecule has 0 amide bonds. The van der Waals surface area contributed by atoms with E-state index in [1.165, 1.54) is 0 Å². The molecule has 0 radical (unpaired) electrons. The summed E-state index contributed by atoms with van der Waals surface area (Å²) in [7, 11) is 0. The standard InChI is InChI=1S/C15H20ClF3N2/c1-2-13-8-14(3-4-20-13)21-9-10-5-11(15(17,18)19)7-12(16)6-10/h5-7,13-14,20-21H,2-4,8-9H2,1H3/t13-,14-/m1/s1. The quantitative estimate of drug-likeness (QED) is 0.877. The Kier molecular flexibility index (Phi) is 5.52. The van der Waals surface area contributed by atoms with Crippen LogP contribution in [0.5, 0.6) is 0 Å². The first kappa shape index (κ1) is 16.6. The second-order valence-corrected chi connectivity index (χ2v) is 5.94. The molecule has 1 aliphatic rings. The third-order valence-electron chi connectivity index (χ3n) is 3.87. The van der Waals surface area contributed by atoms with E-state index in [1.54, 1.807) is 6.07 Å². The molecule has 1 fully saturated rings. The summed E-state index contributed by atoms with van der Waals surface area (Å²) in [5, 5.41) is 6.89. The van der Waals surface area contributed by atoms with Crippen LogP contribution in [0.4, 0.5) is 13.2 Å². The van der Waals surface area contributed by atoms with Gasteiger partial charge in [-0.3, -0.25) is 0 Å². The smallest absolute Gasteiger partial charge is 0.314 e. The second kappa shape index (κ2) is 6.99. The van der Waals surface area contributed by atoms with Crippen molar-refractivity contribution in [2.75, 3.05) is 6.54 Å². The Hall–Kier alpha value is -0.780. The fraction of sp³-hybridized carbons (Fsp3) is 0.600. The van der Waals surface area contributed by atoms with Crippen molar-refractivity contribution < 1.29 is 13.2 Å². The van der Waals surface area contributed by atoms with Crippen molar-refractivity contribution in [2.45, 2.75) is 51.0 Å². The van der Waals surface area contributed by atoms with Crippen LogP contribution in [0.25, 0.3) is 0 Å². The molecule has 0 aliphatic carbocycles. The van der Waals surface area contributed by atoms with Gasteiger partial charge in [0.15, 0.2) is 0 Å². The molecule has 2 rings (SSSR count). The van der Waals surface area contributed by atoms with E-state index < -0.39 is 11.7 Å². The first-order chi connectivity index (χ1) is 9.88. The van der Waals surface area contributed by atoms with Crippen molar-refractivity contribution in [2.24, 2.45) is 0 Å². The van der Waals surface area contributed by atoms with Gasteiger partial charge in [-0.2, -0.15) is 13.2 Å². The number of alkyl halides is 3. The van der Waals surface area contributed by atoms with Gasteiger partial charge in [-0.05, 0) is 49.6 Å². The highest BCUT2D eigenvalue weighted by Gasteiger charge is 2.31. The number of nitrogens with one attached hydrogen (secondary N) is 2. The van der Waals surface area contributed by atoms with Crippen LogP contribution in [-0.2, 0) is 12.7 Å². The van der Waals surface area contributed by atoms with E-state index in [1.807, 2.05) is 0 Å². The number of halogens is 4. The molecule has 0 saturated carbocycles. The SMILES string of the molecule is CC[C@@H]1C[C@H](NCc2cc(Cl)cc(C(F)(F)F)c2)CCN1. The highest BCUT2D eigenvalue weighted by atomic mass is 35.5. The van der Waals surface area contributed by atoms with Crippen LogP contribution in [0.3, 0.4) is 0 Å². The van der Waals surface area contributed by atoms with Crippen LogP contribution in [0.15, 0.2) is 18.2 Å². The summed E-state index contributed by atoms with van der Waals surface area (Å²) >= 11 is 5.79. The van der Waals surface area contributed by atoms with E-state index in [0.29, 0.717) is 24.2 Å². The van der Waals surface area contributed by atoms with E-state index >= 15 is 0 Å². The van der Waals surface area contributed by atoms with Crippen LogP contribution in [0.1, 0.15) is 37.3 Å². The molecule has 6 heteroatoms. The lowest BCUT2D eigenvalue weighted by molar-refractivity contribution is -0.137. The summed E-state index contributed by atoms with van der Waals surface area (Å²) < 4.78 is 38.3. The van der Waals surface area contributed by atoms with Gasteiger partial charge in [0.2, 0.25) is 0 Å². The summed E-state index contributed by atoms with van der Waals surface area (Å²) in [6.45, 7) is 3.48. The van der Waals surface area contributed by atoms with Gasteiger partial charge in [-0.15, -0.1) is 0 Å². The Balaban J connectivity index is 1.98. The summed E-state index contributed by atoms with van der Waals surface area (Å²) in [5.41, 5.74) is -0.120. The zero-order chi connectivity index (χ0) is 15.5. The second-order valence-electron chi connectivity index (χ2n) is 5.51. The van der Waals surface area contributed by atoms with Crippen LogP contribution in [0.2, 0.25) is 5.02 Å². The molecule has 0 aromatic heterocycles. The van der Waals surface area contributed by atoms with Crippen molar-refractivity contribution in [1.29, 1.82) is 0 Å². The van der Waals surface area contributed by atoms with E-state index in [2.05, 4.69) is 17.6 Å². The topological polar surface area (TPSA) is 24.1 Å². The van der Waals surface area contributed by atoms with E-state index in [9.17, 15) is 13.2 Å². The predicted molar refractivity (Wildman–Crippen MR) is 78.4 cm³/mol. The number of rotatable bonds is 4. The minimum absolute atomic E-state index is 0.123. The van der Waals surface area contributed by atoms with Gasteiger partial charge in [-0.1, -0.05) is 18.5 Å². The molecule has 118 valence electrons. The first-order valence-electron chi connectivity index (χ1n) is 7.22. The molecule has 1 aromatic carbocycles. The Morgan fingerprint density at radius 2 is 2.10 bits per heavy atom. The summed E-state index contributed by atoms with van der Waals surface area (Å²) in [6.07, 6.45) is -1.30. The first-order valence-corrected chi connectivity index (χ1v) is 7.59. The number of piperidine rings is 1. The molecule has 1 saturated heterocycles. The minimum atomic E-state index is -4.36. The molecule has 1 heterocycles. The molecule has 0 bridgehead atoms. The predicted octanol–water partition coefficient (Wildman–Crippen LogP) is 3.98. The lowest BCUT2D eigenvalue weighted by Crippen LogP contribution is -2.45. The van der Waals surface area contributed by atoms with Crippen molar-refractivity contribution in [3.8, 4) is 0 Å². The molecule has 2 atom stereocenters. The van der Waals surface area contributed by atoms with Gasteiger partial charge in [-0.25, -0.2) is 0 Å². The van der Waals surface area contributed by atoms with Crippen molar-refractivity contribution in [1.82, 2.24) is 10.6 Å². The molecule has 0 unspecified atom stereocenters. The van der Waals surface area contributed by atoms with Gasteiger partial charge in [0.25, 0.3) is 0 Å². The third kappa shape index (κ3) is 4.87. The maximum absolute atomic E-state index is 12.8. The normalized spacial score (nSPS) is 23.3. The summed E-state index contributed by atoms with van der Waals surface area (Å²) in [6, 6.07) is 4.54. The van der Waals surface area contributed by atoms with Crippen LogP contribution in [-0.4, -0.2) is 18.6 Å². The highest BCUT2D eigenvalue weighted by Crippen LogP contribution is 2.32. The van der Waals surface area contributed by atoms with Crippen molar-refractivity contribution >= 4 is 11.6 Å². The van der Waals surface area contributed by atoms with Gasteiger partial charge in [0, 0.05) is 23.7 Å². The Morgan fingerprint density at radius 3 is 2.76 bits per heavy atom. The van der Waals surface area contributed by atoms with Crippen LogP contribution in [0, 0.1) is 0 Å². The number of hydrogen-bond donors (Lipinski definition) is 2. The van der Waals surface area contributed by atoms with E-state index in [0.717, 1.165) is 37.9 Å². The Morgan fingerprint density at radius 1 is 1.33 bits per heavy atom. The molecule has 21 heavy (non-hydrogen) atoms. The average Bonchev–Trinajstić information content (AvgIpc) is 2.44. The third-order valence-corrected chi connectivity index (χ3v) is 4.09. The van der Waals surface area contributed by atoms with Crippen molar-refractivity contribution in [3.63, 3.8) is 0 Å².